The Hall–Kier alpha value is -0.960. The first-order chi connectivity index (χ1) is 9.25. The minimum atomic E-state index is 0.272. The summed E-state index contributed by atoms with van der Waals surface area (Å²) in [6.07, 6.45) is 4.62. The molecule has 1 aliphatic rings. The number of thioether (sulfide) groups is 1. The Labute approximate surface area is 120 Å². The van der Waals surface area contributed by atoms with Crippen LogP contribution >= 0.6 is 11.8 Å². The van der Waals surface area contributed by atoms with Crippen LogP contribution in [0, 0.1) is 12.8 Å². The van der Waals surface area contributed by atoms with Crippen LogP contribution in [-0.2, 0) is 10.5 Å². The number of benzene rings is 1. The van der Waals surface area contributed by atoms with Crippen LogP contribution in [0.2, 0.25) is 0 Å². The molecule has 1 amide bonds. The van der Waals surface area contributed by atoms with Gasteiger partial charge in [-0.15, -0.1) is 0 Å². The van der Waals surface area contributed by atoms with E-state index >= 15 is 0 Å². The van der Waals surface area contributed by atoms with Gasteiger partial charge in [0.15, 0.2) is 0 Å². The lowest BCUT2D eigenvalue weighted by Gasteiger charge is -2.10. The van der Waals surface area contributed by atoms with E-state index < -0.39 is 0 Å². The molecule has 3 heteroatoms. The zero-order valence-electron chi connectivity index (χ0n) is 11.7. The first kappa shape index (κ1) is 14.4. The van der Waals surface area contributed by atoms with Crippen LogP contribution in [0.5, 0.6) is 0 Å². The number of hydrogen-bond donors (Lipinski definition) is 1. The van der Waals surface area contributed by atoms with Crippen molar-refractivity contribution >= 4 is 17.7 Å². The summed E-state index contributed by atoms with van der Waals surface area (Å²) in [4.78, 5) is 11.8. The lowest BCUT2D eigenvalue weighted by Crippen LogP contribution is -2.31. The molecule has 2 nitrogen and oxygen atoms in total. The van der Waals surface area contributed by atoms with E-state index in [-0.39, 0.29) is 5.91 Å². The molecule has 1 aliphatic carbocycles. The predicted octanol–water partition coefficient (Wildman–Crippen LogP) is 3.53. The molecule has 1 saturated carbocycles. The Morgan fingerprint density at radius 2 is 2.16 bits per heavy atom. The third-order valence-electron chi connectivity index (χ3n) is 3.62. The summed E-state index contributed by atoms with van der Waals surface area (Å²) in [6.45, 7) is 2.92. The third-order valence-corrected chi connectivity index (χ3v) is 4.65. The average Bonchev–Trinajstić information content (AvgIpc) is 2.92. The topological polar surface area (TPSA) is 29.1 Å². The molecule has 1 fully saturated rings. The van der Waals surface area contributed by atoms with Crippen molar-refractivity contribution in [1.29, 1.82) is 0 Å². The SMILES string of the molecule is Cc1cccc(CSCCNC(=O)C2CCCC2)c1. The molecule has 0 aliphatic heterocycles. The van der Waals surface area contributed by atoms with Crippen LogP contribution in [-0.4, -0.2) is 18.2 Å². The standard InChI is InChI=1S/C16H23NOS/c1-13-5-4-6-14(11-13)12-19-10-9-17-16(18)15-7-2-3-8-15/h4-6,11,15H,2-3,7-10,12H2,1H3,(H,17,18). The monoisotopic (exact) mass is 277 g/mol. The van der Waals surface area contributed by atoms with E-state index in [0.717, 1.165) is 30.9 Å². The normalized spacial score (nSPS) is 15.6. The van der Waals surface area contributed by atoms with E-state index in [1.165, 1.54) is 24.0 Å². The molecule has 0 bridgehead atoms. The highest BCUT2D eigenvalue weighted by Crippen LogP contribution is 2.24. The molecule has 0 atom stereocenters. The van der Waals surface area contributed by atoms with Gasteiger partial charge < -0.3 is 5.32 Å². The highest BCUT2D eigenvalue weighted by atomic mass is 32.2. The van der Waals surface area contributed by atoms with Crippen LogP contribution in [0.4, 0.5) is 0 Å². The maximum atomic E-state index is 11.8. The van der Waals surface area contributed by atoms with E-state index in [4.69, 9.17) is 0 Å². The van der Waals surface area contributed by atoms with Crippen molar-refractivity contribution in [2.24, 2.45) is 5.92 Å². The molecule has 0 heterocycles. The fourth-order valence-electron chi connectivity index (χ4n) is 2.57. The van der Waals surface area contributed by atoms with Crippen LogP contribution in [0.3, 0.4) is 0 Å². The summed E-state index contributed by atoms with van der Waals surface area (Å²) in [5.74, 6) is 2.59. The second kappa shape index (κ2) is 7.59. The number of aryl methyl sites for hydroxylation is 1. The molecule has 0 saturated heterocycles. The maximum Gasteiger partial charge on any atom is 0.223 e. The number of hydrogen-bond acceptors (Lipinski definition) is 2. The minimum absolute atomic E-state index is 0.272. The Kier molecular flexibility index (Phi) is 5.77. The maximum absolute atomic E-state index is 11.8. The van der Waals surface area contributed by atoms with Gasteiger partial charge in [0.2, 0.25) is 5.91 Å². The molecule has 2 rings (SSSR count). The molecule has 19 heavy (non-hydrogen) atoms. The lowest BCUT2D eigenvalue weighted by atomic mass is 10.1. The summed E-state index contributed by atoms with van der Waals surface area (Å²) in [7, 11) is 0. The summed E-state index contributed by atoms with van der Waals surface area (Å²) < 4.78 is 0. The number of nitrogens with one attached hydrogen (secondary N) is 1. The van der Waals surface area contributed by atoms with E-state index in [1.54, 1.807) is 0 Å². The van der Waals surface area contributed by atoms with E-state index in [2.05, 4.69) is 36.5 Å². The van der Waals surface area contributed by atoms with E-state index in [1.807, 2.05) is 11.8 Å². The number of rotatable bonds is 6. The number of carbonyl (C=O) groups excluding carboxylic acids is 1. The van der Waals surface area contributed by atoms with Crippen LogP contribution < -0.4 is 5.32 Å². The van der Waals surface area contributed by atoms with Gasteiger partial charge in [0, 0.05) is 24.0 Å². The lowest BCUT2D eigenvalue weighted by molar-refractivity contribution is -0.124. The van der Waals surface area contributed by atoms with Gasteiger partial charge in [-0.05, 0) is 25.3 Å². The summed E-state index contributed by atoms with van der Waals surface area (Å²) in [5, 5.41) is 3.06. The van der Waals surface area contributed by atoms with Gasteiger partial charge in [0.25, 0.3) is 0 Å². The Morgan fingerprint density at radius 1 is 1.37 bits per heavy atom. The Balaban J connectivity index is 1.58. The van der Waals surface area contributed by atoms with Gasteiger partial charge in [-0.25, -0.2) is 0 Å². The number of carbonyl (C=O) groups is 1. The third kappa shape index (κ3) is 4.90. The minimum Gasteiger partial charge on any atom is -0.355 e. The van der Waals surface area contributed by atoms with Gasteiger partial charge in [-0.2, -0.15) is 11.8 Å². The first-order valence-electron chi connectivity index (χ1n) is 7.17. The molecule has 1 aromatic carbocycles. The molecule has 1 aromatic rings. The van der Waals surface area contributed by atoms with Crippen LogP contribution in [0.1, 0.15) is 36.8 Å². The van der Waals surface area contributed by atoms with Crippen molar-refractivity contribution in [3.05, 3.63) is 35.4 Å². The smallest absolute Gasteiger partial charge is 0.223 e. The van der Waals surface area contributed by atoms with Gasteiger partial charge in [-0.1, -0.05) is 42.7 Å². The van der Waals surface area contributed by atoms with Crippen molar-refractivity contribution in [3.8, 4) is 0 Å². The second-order valence-electron chi connectivity index (χ2n) is 5.31. The number of amides is 1. The molecule has 104 valence electrons. The highest BCUT2D eigenvalue weighted by molar-refractivity contribution is 7.98. The Morgan fingerprint density at radius 3 is 2.89 bits per heavy atom. The predicted molar refractivity (Wildman–Crippen MR) is 82.3 cm³/mol. The molecule has 0 spiro atoms. The largest absolute Gasteiger partial charge is 0.355 e. The zero-order valence-corrected chi connectivity index (χ0v) is 12.5. The van der Waals surface area contributed by atoms with Gasteiger partial charge in [0.05, 0.1) is 0 Å². The van der Waals surface area contributed by atoms with Crippen LogP contribution in [0.15, 0.2) is 24.3 Å². The van der Waals surface area contributed by atoms with Gasteiger partial charge in [-0.3, -0.25) is 4.79 Å². The molecule has 1 N–H and O–H groups in total. The molecule has 0 aromatic heterocycles. The van der Waals surface area contributed by atoms with Crippen molar-refractivity contribution < 1.29 is 4.79 Å². The van der Waals surface area contributed by atoms with Crippen molar-refractivity contribution in [1.82, 2.24) is 5.32 Å². The second-order valence-corrected chi connectivity index (χ2v) is 6.42. The zero-order chi connectivity index (χ0) is 13.5. The summed E-state index contributed by atoms with van der Waals surface area (Å²) in [5.41, 5.74) is 2.68. The van der Waals surface area contributed by atoms with E-state index in [0.29, 0.717) is 5.92 Å². The summed E-state index contributed by atoms with van der Waals surface area (Å²) >= 11 is 1.88. The van der Waals surface area contributed by atoms with Crippen molar-refractivity contribution in [2.45, 2.75) is 38.4 Å². The first-order valence-corrected chi connectivity index (χ1v) is 8.32. The Bertz CT molecular complexity index is 413. The molecular weight excluding hydrogens is 254 g/mol. The summed E-state index contributed by atoms with van der Waals surface area (Å²) in [6, 6.07) is 8.62. The fraction of sp³-hybridized carbons (Fsp3) is 0.562. The van der Waals surface area contributed by atoms with Gasteiger partial charge in [0.1, 0.15) is 0 Å². The van der Waals surface area contributed by atoms with Crippen molar-refractivity contribution in [2.75, 3.05) is 12.3 Å². The van der Waals surface area contributed by atoms with Crippen molar-refractivity contribution in [3.63, 3.8) is 0 Å². The highest BCUT2D eigenvalue weighted by Gasteiger charge is 2.21. The van der Waals surface area contributed by atoms with Crippen LogP contribution in [0.25, 0.3) is 0 Å². The van der Waals surface area contributed by atoms with Gasteiger partial charge >= 0.3 is 0 Å². The fourth-order valence-corrected chi connectivity index (χ4v) is 3.38. The molecular formula is C16H23NOS. The average molecular weight is 277 g/mol. The van der Waals surface area contributed by atoms with E-state index in [9.17, 15) is 4.79 Å². The quantitative estimate of drug-likeness (QED) is 0.806. The molecule has 0 unspecified atom stereocenters. The molecule has 0 radical (unpaired) electrons.